The number of aliphatic carboxylic acids is 2. The summed E-state index contributed by atoms with van der Waals surface area (Å²) in [6.45, 7) is 1.54. The maximum Gasteiger partial charge on any atom is 0.425 e. The quantitative estimate of drug-likeness (QED) is 0.580. The Kier molecular flexibility index (Phi) is 6.90. The van der Waals surface area contributed by atoms with Gasteiger partial charge in [0.25, 0.3) is 0 Å². The summed E-state index contributed by atoms with van der Waals surface area (Å²) in [6.07, 6.45) is -3.50. The Morgan fingerprint density at radius 1 is 1.03 bits per heavy atom. The molecule has 3 rings (SSSR count). The van der Waals surface area contributed by atoms with Gasteiger partial charge in [0.1, 0.15) is 17.2 Å². The second-order valence-corrected chi connectivity index (χ2v) is 8.65. The van der Waals surface area contributed by atoms with E-state index in [1.54, 1.807) is 12.1 Å². The molecule has 1 aromatic heterocycles. The molecular formula is C21H22F3NO5S. The van der Waals surface area contributed by atoms with Crippen LogP contribution >= 0.6 is 11.3 Å². The third kappa shape index (κ3) is 5.56. The zero-order chi connectivity index (χ0) is 22.6. The normalized spacial score (nSPS) is 16.7. The summed E-state index contributed by atoms with van der Waals surface area (Å²) in [5.74, 6) is -2.02. The summed E-state index contributed by atoms with van der Waals surface area (Å²) in [7, 11) is 0. The van der Waals surface area contributed by atoms with Gasteiger partial charge in [-0.3, -0.25) is 9.59 Å². The number of thiophene rings is 1. The second-order valence-electron chi connectivity index (χ2n) is 7.48. The van der Waals surface area contributed by atoms with Gasteiger partial charge >= 0.3 is 18.1 Å². The molecule has 2 aromatic rings. The molecule has 6 nitrogen and oxygen atoms in total. The number of piperidine rings is 1. The Morgan fingerprint density at radius 2 is 1.65 bits per heavy atom. The molecule has 31 heavy (non-hydrogen) atoms. The number of nitrogens with zero attached hydrogens (tertiary/aromatic N) is 1. The summed E-state index contributed by atoms with van der Waals surface area (Å²) < 4.78 is 43.5. The maximum atomic E-state index is 12.6. The highest BCUT2D eigenvalue weighted by Gasteiger charge is 2.48. The number of ether oxygens (including phenoxy) is 1. The maximum absolute atomic E-state index is 12.6. The molecule has 168 valence electrons. The topological polar surface area (TPSA) is 87.1 Å². The SMILES string of the molecule is O=C(O)C1(C(=O)O)CCN(CCc2ccc(OCc3ccc(C(F)(F)F)s3)cc2)CC1. The van der Waals surface area contributed by atoms with Gasteiger partial charge in [0.15, 0.2) is 5.41 Å². The first-order valence-electron chi connectivity index (χ1n) is 9.67. The number of alkyl halides is 3. The van der Waals surface area contributed by atoms with E-state index in [1.165, 1.54) is 6.07 Å². The summed E-state index contributed by atoms with van der Waals surface area (Å²) in [6, 6.07) is 9.70. The van der Waals surface area contributed by atoms with E-state index in [0.29, 0.717) is 48.0 Å². The Labute approximate surface area is 180 Å². The van der Waals surface area contributed by atoms with Crippen molar-refractivity contribution in [2.45, 2.75) is 32.0 Å². The number of hydrogen-bond acceptors (Lipinski definition) is 5. The first-order valence-corrected chi connectivity index (χ1v) is 10.5. The van der Waals surface area contributed by atoms with Gasteiger partial charge in [-0.05, 0) is 62.2 Å². The Bertz CT molecular complexity index is 902. The van der Waals surface area contributed by atoms with Crippen molar-refractivity contribution in [3.8, 4) is 5.75 Å². The number of rotatable bonds is 8. The zero-order valence-electron chi connectivity index (χ0n) is 16.5. The lowest BCUT2D eigenvalue weighted by molar-refractivity contribution is -0.168. The number of carboxylic acids is 2. The third-order valence-electron chi connectivity index (χ3n) is 5.49. The van der Waals surface area contributed by atoms with E-state index in [-0.39, 0.29) is 19.4 Å². The highest BCUT2D eigenvalue weighted by atomic mass is 32.1. The van der Waals surface area contributed by atoms with Crippen molar-refractivity contribution in [3.05, 3.63) is 51.7 Å². The van der Waals surface area contributed by atoms with Crippen molar-refractivity contribution in [2.75, 3.05) is 19.6 Å². The highest BCUT2D eigenvalue weighted by Crippen LogP contribution is 2.35. The lowest BCUT2D eigenvalue weighted by Gasteiger charge is -2.35. The molecule has 0 radical (unpaired) electrons. The summed E-state index contributed by atoms with van der Waals surface area (Å²) >= 11 is 0.660. The van der Waals surface area contributed by atoms with Crippen LogP contribution < -0.4 is 4.74 Å². The molecule has 0 unspecified atom stereocenters. The fourth-order valence-corrected chi connectivity index (χ4v) is 4.27. The van der Waals surface area contributed by atoms with Crippen LogP contribution in [0.4, 0.5) is 13.2 Å². The predicted molar refractivity (Wildman–Crippen MR) is 107 cm³/mol. The molecule has 0 spiro atoms. The van der Waals surface area contributed by atoms with Crippen LogP contribution in [0.15, 0.2) is 36.4 Å². The molecule has 0 aliphatic carbocycles. The number of halogens is 3. The predicted octanol–water partition coefficient (Wildman–Crippen LogP) is 4.14. The number of benzene rings is 1. The van der Waals surface area contributed by atoms with Gasteiger partial charge in [-0.2, -0.15) is 13.2 Å². The summed E-state index contributed by atoms with van der Waals surface area (Å²) in [5, 5.41) is 18.5. The van der Waals surface area contributed by atoms with Crippen LogP contribution in [0, 0.1) is 5.41 Å². The average Bonchev–Trinajstić information content (AvgIpc) is 3.21. The van der Waals surface area contributed by atoms with E-state index in [9.17, 15) is 33.0 Å². The molecule has 2 N–H and O–H groups in total. The van der Waals surface area contributed by atoms with E-state index < -0.39 is 28.4 Å². The van der Waals surface area contributed by atoms with Crippen LogP contribution in [-0.4, -0.2) is 46.7 Å². The lowest BCUT2D eigenvalue weighted by atomic mass is 9.78. The number of carbonyl (C=O) groups is 2. The molecule has 1 fully saturated rings. The van der Waals surface area contributed by atoms with Crippen LogP contribution in [0.1, 0.15) is 28.2 Å². The van der Waals surface area contributed by atoms with E-state index in [0.717, 1.165) is 11.6 Å². The molecule has 0 bridgehead atoms. The van der Waals surface area contributed by atoms with Gasteiger partial charge in [-0.25, -0.2) is 0 Å². The molecule has 1 aliphatic heterocycles. The molecule has 1 aliphatic rings. The second kappa shape index (κ2) is 9.27. The van der Waals surface area contributed by atoms with Crippen molar-refractivity contribution >= 4 is 23.3 Å². The number of likely N-dealkylation sites (tertiary alicyclic amines) is 1. The van der Waals surface area contributed by atoms with Gasteiger partial charge in [0, 0.05) is 11.4 Å². The standard InChI is InChI=1S/C21H22F3NO5S/c22-21(23,24)17-6-5-16(31-17)13-30-15-3-1-14(2-4-15)7-10-25-11-8-20(9-12-25,18(26)27)19(28)29/h1-6H,7-13H2,(H,26,27)(H,28,29). The zero-order valence-corrected chi connectivity index (χ0v) is 17.3. The van der Waals surface area contributed by atoms with Crippen molar-refractivity contribution in [2.24, 2.45) is 5.41 Å². The van der Waals surface area contributed by atoms with Crippen LogP contribution in [0.2, 0.25) is 0 Å². The number of hydrogen-bond donors (Lipinski definition) is 2. The number of carboxylic acid groups (broad SMARTS) is 2. The van der Waals surface area contributed by atoms with Gasteiger partial charge in [-0.1, -0.05) is 12.1 Å². The first-order chi connectivity index (χ1) is 14.6. The fraction of sp³-hybridized carbons (Fsp3) is 0.429. The monoisotopic (exact) mass is 457 g/mol. The van der Waals surface area contributed by atoms with Crippen LogP contribution in [0.25, 0.3) is 0 Å². The van der Waals surface area contributed by atoms with Gasteiger partial charge < -0.3 is 19.8 Å². The third-order valence-corrected chi connectivity index (χ3v) is 6.59. The van der Waals surface area contributed by atoms with Crippen LogP contribution in [0.5, 0.6) is 5.75 Å². The van der Waals surface area contributed by atoms with E-state index >= 15 is 0 Å². The van der Waals surface area contributed by atoms with Crippen molar-refractivity contribution in [1.29, 1.82) is 0 Å². The molecule has 1 saturated heterocycles. The van der Waals surface area contributed by atoms with E-state index in [1.807, 2.05) is 17.0 Å². The minimum Gasteiger partial charge on any atom is -0.488 e. The minimum atomic E-state index is -4.35. The highest BCUT2D eigenvalue weighted by molar-refractivity contribution is 7.12. The molecule has 0 atom stereocenters. The van der Waals surface area contributed by atoms with Gasteiger partial charge in [0.05, 0.1) is 0 Å². The van der Waals surface area contributed by atoms with Gasteiger partial charge in [-0.15, -0.1) is 11.3 Å². The first kappa shape index (κ1) is 23.1. The van der Waals surface area contributed by atoms with Crippen molar-refractivity contribution in [3.63, 3.8) is 0 Å². The Hall–Kier alpha value is -2.59. The molecule has 1 aromatic carbocycles. The summed E-state index contributed by atoms with van der Waals surface area (Å²) in [4.78, 5) is 24.6. The van der Waals surface area contributed by atoms with Crippen molar-refractivity contribution < 1.29 is 37.7 Å². The average molecular weight is 457 g/mol. The molecule has 2 heterocycles. The molecule has 0 amide bonds. The Balaban J connectivity index is 1.45. The van der Waals surface area contributed by atoms with Gasteiger partial charge in [0.2, 0.25) is 0 Å². The Morgan fingerprint density at radius 3 is 2.16 bits per heavy atom. The van der Waals surface area contributed by atoms with Crippen LogP contribution in [-0.2, 0) is 28.8 Å². The molecular weight excluding hydrogens is 435 g/mol. The van der Waals surface area contributed by atoms with E-state index in [4.69, 9.17) is 4.74 Å². The largest absolute Gasteiger partial charge is 0.488 e. The molecule has 10 heteroatoms. The summed E-state index contributed by atoms with van der Waals surface area (Å²) in [5.41, 5.74) is -0.671. The molecule has 0 saturated carbocycles. The lowest BCUT2D eigenvalue weighted by Crippen LogP contribution is -2.49. The van der Waals surface area contributed by atoms with E-state index in [2.05, 4.69) is 0 Å². The van der Waals surface area contributed by atoms with Crippen molar-refractivity contribution in [1.82, 2.24) is 4.90 Å². The fourth-order valence-electron chi connectivity index (χ4n) is 3.48. The van der Waals surface area contributed by atoms with Crippen LogP contribution in [0.3, 0.4) is 0 Å². The minimum absolute atomic E-state index is 0.0583. The smallest absolute Gasteiger partial charge is 0.425 e.